The minimum absolute atomic E-state index is 0.0598. The number of nitrogens with zero attached hydrogens (tertiary/aromatic N) is 1. The first-order valence-corrected chi connectivity index (χ1v) is 15.6. The second kappa shape index (κ2) is 15.3. The van der Waals surface area contributed by atoms with Gasteiger partial charge in [-0.3, -0.25) is 9.59 Å². The molecule has 0 spiro atoms. The third kappa shape index (κ3) is 8.13. The zero-order chi connectivity index (χ0) is 36.1. The van der Waals surface area contributed by atoms with Crippen LogP contribution >= 0.6 is 23.6 Å². The lowest BCUT2D eigenvalue weighted by atomic mass is 9.89. The predicted octanol–water partition coefficient (Wildman–Crippen LogP) is 5.12. The molecule has 0 aliphatic carbocycles. The van der Waals surface area contributed by atoms with E-state index in [2.05, 4.69) is 20.0 Å². The van der Waals surface area contributed by atoms with Gasteiger partial charge < -0.3 is 29.4 Å². The number of carbonyl (C=O) groups is 2. The molecular formula is C32H34Cl2F4N4O7. The Morgan fingerprint density at radius 3 is 2.37 bits per heavy atom. The number of hydrogen-bond donors (Lipinski definition) is 4. The highest BCUT2D eigenvalue weighted by Crippen LogP contribution is 2.47. The molecule has 17 heteroatoms. The summed E-state index contributed by atoms with van der Waals surface area (Å²) in [4.78, 5) is 34.2. The molecule has 0 bridgehead atoms. The monoisotopic (exact) mass is 732 g/mol. The number of carbonyl (C=O) groups excluding carboxylic acids is 2. The molecule has 0 fully saturated rings. The summed E-state index contributed by atoms with van der Waals surface area (Å²) in [5.74, 6) is -1.96. The molecule has 49 heavy (non-hydrogen) atoms. The molecule has 0 saturated heterocycles. The van der Waals surface area contributed by atoms with Gasteiger partial charge in [-0.05, 0) is 84.9 Å². The van der Waals surface area contributed by atoms with E-state index in [0.29, 0.717) is 0 Å². The van der Waals surface area contributed by atoms with E-state index >= 15 is 0 Å². The maximum Gasteiger partial charge on any atom is 0.424 e. The van der Waals surface area contributed by atoms with Crippen LogP contribution in [0.4, 0.5) is 17.6 Å². The maximum absolute atomic E-state index is 14.7. The van der Waals surface area contributed by atoms with Gasteiger partial charge in [0, 0.05) is 16.7 Å². The van der Waals surface area contributed by atoms with Gasteiger partial charge in [0.15, 0.2) is 17.2 Å². The summed E-state index contributed by atoms with van der Waals surface area (Å²) in [6.07, 6.45) is -5.33. The molecule has 0 saturated carbocycles. The largest absolute Gasteiger partial charge is 0.493 e. The number of aromatic nitrogens is 1. The molecule has 4 N–H and O–H groups in total. The second-order valence-electron chi connectivity index (χ2n) is 11.7. The Balaban J connectivity index is 1.56. The van der Waals surface area contributed by atoms with Crippen LogP contribution in [0.5, 0.6) is 17.2 Å². The first-order valence-electron chi connectivity index (χ1n) is 14.8. The van der Waals surface area contributed by atoms with Crippen molar-refractivity contribution in [1.29, 1.82) is 0 Å². The summed E-state index contributed by atoms with van der Waals surface area (Å²) in [5.41, 5.74) is -5.57. The molecule has 3 atom stereocenters. The van der Waals surface area contributed by atoms with Gasteiger partial charge in [-0.2, -0.15) is 13.2 Å². The average Bonchev–Trinajstić information content (AvgIpc) is 3.41. The molecule has 1 amide bonds. The summed E-state index contributed by atoms with van der Waals surface area (Å²) in [7, 11) is 1.29. The number of nitrogens with one attached hydrogen (secondary N) is 3. The SMILES string of the molecule is COc1cc(C(=O)NCC(O)(c2cc3c(c(-c4ccc(F)cc4)n2)OCC3(C)NCl)C(F)(F)F)ccc1OCCOC(=O)C(NCl)C(C)C. The Hall–Kier alpha value is -3.89. The second-order valence-corrected chi connectivity index (χ2v) is 12.1. The maximum atomic E-state index is 14.7. The topological polar surface area (TPSA) is 140 Å². The predicted molar refractivity (Wildman–Crippen MR) is 171 cm³/mol. The van der Waals surface area contributed by atoms with Crippen LogP contribution in [0.25, 0.3) is 11.3 Å². The van der Waals surface area contributed by atoms with Crippen LogP contribution in [-0.4, -0.2) is 67.7 Å². The van der Waals surface area contributed by atoms with Crippen molar-refractivity contribution in [2.24, 2.45) is 5.92 Å². The number of amides is 1. The Morgan fingerprint density at radius 2 is 1.78 bits per heavy atom. The number of methoxy groups -OCH3 is 1. The first-order chi connectivity index (χ1) is 23.1. The van der Waals surface area contributed by atoms with E-state index in [1.807, 2.05) is 0 Å². The minimum Gasteiger partial charge on any atom is -0.493 e. The average molecular weight is 734 g/mol. The van der Waals surface area contributed by atoms with Crippen molar-refractivity contribution in [3.8, 4) is 28.5 Å². The number of benzene rings is 2. The number of alkyl halides is 3. The lowest BCUT2D eigenvalue weighted by molar-refractivity contribution is -0.265. The van der Waals surface area contributed by atoms with Gasteiger partial charge >= 0.3 is 12.1 Å². The van der Waals surface area contributed by atoms with Gasteiger partial charge in [0.25, 0.3) is 5.91 Å². The van der Waals surface area contributed by atoms with Crippen molar-refractivity contribution < 1.29 is 51.2 Å². The van der Waals surface area contributed by atoms with E-state index in [0.717, 1.165) is 18.2 Å². The Morgan fingerprint density at radius 1 is 1.08 bits per heavy atom. The number of halogens is 6. The molecule has 2 aromatic carbocycles. The Labute approximate surface area is 289 Å². The number of esters is 1. The third-order valence-electron chi connectivity index (χ3n) is 7.85. The lowest BCUT2D eigenvalue weighted by Crippen LogP contribution is -2.51. The van der Waals surface area contributed by atoms with Gasteiger partial charge in [-0.25, -0.2) is 19.0 Å². The van der Waals surface area contributed by atoms with Crippen LogP contribution in [0.1, 0.15) is 42.4 Å². The molecule has 0 radical (unpaired) electrons. The van der Waals surface area contributed by atoms with Gasteiger partial charge in [0.05, 0.1) is 24.9 Å². The molecule has 3 aromatic rings. The standard InChI is InChI=1S/C32H34Cl2F4N4O7/c1-17(2)25(41-33)29(44)48-12-11-47-22-10-7-19(13-23(22)46-4)28(43)39-15-31(45,32(36,37)38)24-14-21-27(49-16-30(21,3)42-34)26(40-24)18-5-8-20(35)9-6-18/h5-10,13-14,17,25,41-42,45H,11-12,15-16H2,1-4H3,(H,39,43). The number of aliphatic hydroxyl groups is 1. The Bertz CT molecular complexity index is 1670. The minimum atomic E-state index is -5.33. The highest BCUT2D eigenvalue weighted by molar-refractivity contribution is 6.15. The highest BCUT2D eigenvalue weighted by atomic mass is 35.5. The summed E-state index contributed by atoms with van der Waals surface area (Å²) < 4.78 is 79.5. The first kappa shape index (κ1) is 37.9. The molecule has 4 rings (SSSR count). The van der Waals surface area contributed by atoms with Crippen molar-refractivity contribution in [3.05, 3.63) is 71.2 Å². The summed E-state index contributed by atoms with van der Waals surface area (Å²) in [6.45, 7) is 3.51. The van der Waals surface area contributed by atoms with Crippen LogP contribution in [0.2, 0.25) is 0 Å². The fraction of sp³-hybridized carbons (Fsp3) is 0.406. The van der Waals surface area contributed by atoms with E-state index in [4.69, 9.17) is 42.5 Å². The third-order valence-corrected chi connectivity index (χ3v) is 8.50. The van der Waals surface area contributed by atoms with Crippen LogP contribution < -0.4 is 29.2 Å². The van der Waals surface area contributed by atoms with E-state index in [9.17, 15) is 32.3 Å². The molecule has 1 aliphatic rings. The fourth-order valence-electron chi connectivity index (χ4n) is 4.88. The zero-order valence-corrected chi connectivity index (χ0v) is 28.2. The van der Waals surface area contributed by atoms with Gasteiger partial charge in [-0.15, -0.1) is 0 Å². The quantitative estimate of drug-likeness (QED) is 0.0765. The van der Waals surface area contributed by atoms with Crippen molar-refractivity contribution in [2.45, 2.75) is 44.1 Å². The van der Waals surface area contributed by atoms with Crippen LogP contribution in [0.3, 0.4) is 0 Å². The van der Waals surface area contributed by atoms with Gasteiger partial charge in [-0.1, -0.05) is 13.8 Å². The molecule has 2 heterocycles. The lowest BCUT2D eigenvalue weighted by Gasteiger charge is -2.31. The van der Waals surface area contributed by atoms with E-state index in [1.54, 1.807) is 20.8 Å². The summed E-state index contributed by atoms with van der Waals surface area (Å²) in [6, 6.07) is 8.93. The van der Waals surface area contributed by atoms with Crippen LogP contribution in [0.15, 0.2) is 48.5 Å². The number of rotatable bonds is 14. The number of hydrogen-bond acceptors (Lipinski definition) is 10. The van der Waals surface area contributed by atoms with Crippen LogP contribution in [0, 0.1) is 11.7 Å². The molecular weight excluding hydrogens is 699 g/mol. The van der Waals surface area contributed by atoms with E-state index in [-0.39, 0.29) is 65.4 Å². The van der Waals surface area contributed by atoms with Crippen LogP contribution in [-0.2, 0) is 20.7 Å². The summed E-state index contributed by atoms with van der Waals surface area (Å²) >= 11 is 11.5. The smallest absolute Gasteiger partial charge is 0.424 e. The normalized spacial score (nSPS) is 17.5. The number of pyridine rings is 1. The number of ether oxygens (including phenoxy) is 4. The molecule has 11 nitrogen and oxygen atoms in total. The van der Waals surface area contributed by atoms with Gasteiger partial charge in [0.2, 0.25) is 5.60 Å². The Kier molecular flexibility index (Phi) is 11.9. The molecule has 3 unspecified atom stereocenters. The van der Waals surface area contributed by atoms with Crippen molar-refractivity contribution in [3.63, 3.8) is 0 Å². The molecule has 1 aliphatic heterocycles. The van der Waals surface area contributed by atoms with E-state index < -0.39 is 53.3 Å². The molecule has 266 valence electrons. The zero-order valence-electron chi connectivity index (χ0n) is 26.7. The van der Waals surface area contributed by atoms with E-state index in [1.165, 1.54) is 37.4 Å². The van der Waals surface area contributed by atoms with Crippen molar-refractivity contribution in [1.82, 2.24) is 20.0 Å². The fourth-order valence-corrected chi connectivity index (χ4v) is 5.38. The summed E-state index contributed by atoms with van der Waals surface area (Å²) in [5, 5.41) is 13.4. The van der Waals surface area contributed by atoms with Crippen molar-refractivity contribution >= 4 is 35.4 Å². The number of fused-ring (bicyclic) bond motifs is 1. The van der Waals surface area contributed by atoms with Crippen molar-refractivity contribution in [2.75, 3.05) is 33.5 Å². The highest BCUT2D eigenvalue weighted by Gasteiger charge is 2.57. The molecule has 1 aromatic heterocycles. The van der Waals surface area contributed by atoms with Gasteiger partial charge in [0.1, 0.15) is 37.4 Å².